The molecule has 0 unspecified atom stereocenters. The van der Waals surface area contributed by atoms with Gasteiger partial charge in [0, 0.05) is 9.86 Å². The van der Waals surface area contributed by atoms with E-state index in [9.17, 15) is 9.32 Å². The third-order valence-corrected chi connectivity index (χ3v) is 1.16. The van der Waals surface area contributed by atoms with Gasteiger partial charge >= 0.3 is 5.97 Å². The number of alkyl halides is 1. The first kappa shape index (κ1) is 7.88. The predicted octanol–water partition coefficient (Wildman–Crippen LogP) is 1.59. The zero-order valence-corrected chi connectivity index (χ0v) is 5.78. The molecule has 0 aliphatic carbocycles. The highest BCUT2D eigenvalue weighted by Gasteiger charge is 1.99. The smallest absolute Gasteiger partial charge is 0.255 e. The van der Waals surface area contributed by atoms with Crippen molar-refractivity contribution in [3.63, 3.8) is 0 Å². The molecule has 0 aliphatic heterocycles. The van der Waals surface area contributed by atoms with Crippen molar-refractivity contribution in [2.75, 3.05) is 5.33 Å². The third kappa shape index (κ3) is 4.05. The van der Waals surface area contributed by atoms with E-state index in [-0.39, 0.29) is 6.42 Å². The van der Waals surface area contributed by atoms with Crippen LogP contribution in [0.25, 0.3) is 0 Å². The highest BCUT2D eigenvalue weighted by atomic mass is 79.9. The number of rotatable bonds is 3. The fourth-order valence-electron chi connectivity index (χ4n) is 0.250. The standard InChI is InChI=1S/C4H6BrFO2/c5-3-1-2-4(7)8-6/h1-3H2. The molecule has 0 amide bonds. The Bertz CT molecular complexity index is 76.4. The van der Waals surface area contributed by atoms with Crippen molar-refractivity contribution in [2.24, 2.45) is 0 Å². The number of hydrogen-bond donors (Lipinski definition) is 0. The molecule has 0 atom stereocenters. The predicted molar refractivity (Wildman–Crippen MR) is 30.2 cm³/mol. The summed E-state index contributed by atoms with van der Waals surface area (Å²) in [6.45, 7) is 0. The van der Waals surface area contributed by atoms with Gasteiger partial charge in [0.05, 0.1) is 6.42 Å². The van der Waals surface area contributed by atoms with Gasteiger partial charge in [-0.3, -0.25) is 4.94 Å². The molecular formula is C4H6BrFO2. The SMILES string of the molecule is O=C(CCCBr)OF. The third-order valence-electron chi connectivity index (χ3n) is 0.601. The van der Waals surface area contributed by atoms with E-state index in [0.29, 0.717) is 11.8 Å². The van der Waals surface area contributed by atoms with Crippen molar-refractivity contribution in [2.45, 2.75) is 12.8 Å². The first-order valence-corrected chi connectivity index (χ1v) is 3.30. The zero-order valence-electron chi connectivity index (χ0n) is 4.19. The molecule has 0 N–H and O–H groups in total. The van der Waals surface area contributed by atoms with E-state index in [2.05, 4.69) is 20.9 Å². The largest absolute Gasteiger partial charge is 0.348 e. The van der Waals surface area contributed by atoms with Gasteiger partial charge in [-0.1, -0.05) is 15.9 Å². The minimum atomic E-state index is -0.801. The van der Waals surface area contributed by atoms with Gasteiger partial charge in [-0.05, 0) is 6.42 Å². The molecule has 0 bridgehead atoms. The number of halogens is 2. The highest BCUT2D eigenvalue weighted by molar-refractivity contribution is 9.09. The molecular weight excluding hydrogens is 179 g/mol. The number of carbonyl (C=O) groups excluding carboxylic acids is 1. The van der Waals surface area contributed by atoms with Gasteiger partial charge < -0.3 is 0 Å². The van der Waals surface area contributed by atoms with Crippen LogP contribution >= 0.6 is 15.9 Å². The lowest BCUT2D eigenvalue weighted by Gasteiger charge is -1.87. The molecule has 4 heteroatoms. The lowest BCUT2D eigenvalue weighted by atomic mass is 10.3. The highest BCUT2D eigenvalue weighted by Crippen LogP contribution is 1.95. The van der Waals surface area contributed by atoms with Crippen LogP contribution < -0.4 is 0 Å². The molecule has 48 valence electrons. The Morgan fingerprint density at radius 3 is 2.75 bits per heavy atom. The first-order valence-electron chi connectivity index (χ1n) is 2.18. The van der Waals surface area contributed by atoms with Crippen molar-refractivity contribution in [1.29, 1.82) is 0 Å². The number of hydrogen-bond acceptors (Lipinski definition) is 2. The maximum Gasteiger partial charge on any atom is 0.348 e. The van der Waals surface area contributed by atoms with E-state index >= 15 is 0 Å². The van der Waals surface area contributed by atoms with Crippen molar-refractivity contribution in [3.05, 3.63) is 0 Å². The fourth-order valence-corrected chi connectivity index (χ4v) is 0.530. The summed E-state index contributed by atoms with van der Waals surface area (Å²) < 4.78 is 10.8. The summed E-state index contributed by atoms with van der Waals surface area (Å²) in [6, 6.07) is 0. The second-order valence-corrected chi connectivity index (χ2v) is 2.03. The Balaban J connectivity index is 2.99. The van der Waals surface area contributed by atoms with Gasteiger partial charge in [-0.15, -0.1) is 0 Å². The molecule has 2 nitrogen and oxygen atoms in total. The molecule has 0 heterocycles. The minimum Gasteiger partial charge on any atom is -0.255 e. The summed E-state index contributed by atoms with van der Waals surface area (Å²) in [6.07, 6.45) is 0.754. The van der Waals surface area contributed by atoms with Crippen molar-refractivity contribution in [1.82, 2.24) is 0 Å². The average molecular weight is 185 g/mol. The second kappa shape index (κ2) is 5.03. The Hall–Kier alpha value is -0.120. The molecule has 0 aromatic carbocycles. The molecule has 0 saturated heterocycles. The molecule has 0 fully saturated rings. The summed E-state index contributed by atoms with van der Waals surface area (Å²) in [5, 5.41) is 0.697. The van der Waals surface area contributed by atoms with Crippen LogP contribution in [0, 0.1) is 0 Å². The van der Waals surface area contributed by atoms with Crippen molar-refractivity contribution < 1.29 is 14.3 Å². The first-order chi connectivity index (χ1) is 3.81. The van der Waals surface area contributed by atoms with E-state index in [1.165, 1.54) is 0 Å². The topological polar surface area (TPSA) is 26.3 Å². The molecule has 0 radical (unpaired) electrons. The van der Waals surface area contributed by atoms with Crippen LogP contribution in [-0.2, 0) is 9.74 Å². The Morgan fingerprint density at radius 1 is 1.75 bits per heavy atom. The molecule has 8 heavy (non-hydrogen) atoms. The van der Waals surface area contributed by atoms with E-state index in [0.717, 1.165) is 0 Å². The van der Waals surface area contributed by atoms with Crippen LogP contribution in [0.1, 0.15) is 12.8 Å². The average Bonchev–Trinajstić information content (AvgIpc) is 1.83. The lowest BCUT2D eigenvalue weighted by molar-refractivity contribution is -0.183. The van der Waals surface area contributed by atoms with Crippen LogP contribution in [0.5, 0.6) is 0 Å². The van der Waals surface area contributed by atoms with Crippen LogP contribution in [0.3, 0.4) is 0 Å². The molecule has 0 aliphatic rings. The molecule has 0 spiro atoms. The fraction of sp³-hybridized carbons (Fsp3) is 0.750. The Kier molecular flexibility index (Phi) is 4.95. The van der Waals surface area contributed by atoms with Crippen molar-refractivity contribution in [3.8, 4) is 0 Å². The van der Waals surface area contributed by atoms with Gasteiger partial charge in [0.25, 0.3) is 0 Å². The van der Waals surface area contributed by atoms with E-state index in [1.54, 1.807) is 0 Å². The van der Waals surface area contributed by atoms with Gasteiger partial charge in [0.2, 0.25) is 0 Å². The van der Waals surface area contributed by atoms with E-state index in [4.69, 9.17) is 0 Å². The Morgan fingerprint density at radius 2 is 2.38 bits per heavy atom. The van der Waals surface area contributed by atoms with Crippen LogP contribution in [-0.4, -0.2) is 11.3 Å². The van der Waals surface area contributed by atoms with E-state index < -0.39 is 5.97 Å². The summed E-state index contributed by atoms with van der Waals surface area (Å²) in [4.78, 5) is 12.8. The maximum atomic E-state index is 10.8. The van der Waals surface area contributed by atoms with E-state index in [1.807, 2.05) is 0 Å². The van der Waals surface area contributed by atoms with Crippen LogP contribution in [0.4, 0.5) is 4.53 Å². The van der Waals surface area contributed by atoms with Gasteiger partial charge in [0.15, 0.2) is 0 Å². The molecule has 0 aromatic heterocycles. The molecule has 0 aromatic rings. The summed E-state index contributed by atoms with van der Waals surface area (Å²) in [5.41, 5.74) is 0. The van der Waals surface area contributed by atoms with Gasteiger partial charge in [-0.25, -0.2) is 4.79 Å². The lowest BCUT2D eigenvalue weighted by Crippen LogP contribution is -1.96. The quantitative estimate of drug-likeness (QED) is 0.624. The second-order valence-electron chi connectivity index (χ2n) is 1.24. The van der Waals surface area contributed by atoms with Crippen LogP contribution in [0.2, 0.25) is 0 Å². The zero-order chi connectivity index (χ0) is 6.41. The summed E-state index contributed by atoms with van der Waals surface area (Å²) >= 11 is 3.08. The van der Waals surface area contributed by atoms with Gasteiger partial charge in [0.1, 0.15) is 0 Å². The van der Waals surface area contributed by atoms with Crippen molar-refractivity contribution >= 4 is 21.9 Å². The molecule has 0 saturated carbocycles. The Labute approximate surface area is 55.0 Å². The van der Waals surface area contributed by atoms with Gasteiger partial charge in [-0.2, -0.15) is 0 Å². The monoisotopic (exact) mass is 184 g/mol. The maximum absolute atomic E-state index is 10.8. The normalized spacial score (nSPS) is 8.75. The number of carbonyl (C=O) groups is 1. The summed E-state index contributed by atoms with van der Waals surface area (Å²) in [7, 11) is 0. The minimum absolute atomic E-state index is 0.141. The summed E-state index contributed by atoms with van der Waals surface area (Å²) in [5.74, 6) is -0.801. The molecule has 0 rings (SSSR count). The van der Waals surface area contributed by atoms with Crippen LogP contribution in [0.15, 0.2) is 0 Å².